The van der Waals surface area contributed by atoms with Crippen LogP contribution in [0, 0.1) is 0 Å². The number of carbonyl (C=O) groups excluding carboxylic acids is 1. The van der Waals surface area contributed by atoms with Crippen molar-refractivity contribution in [1.82, 2.24) is 4.37 Å². The van der Waals surface area contributed by atoms with Crippen molar-refractivity contribution in [3.63, 3.8) is 0 Å². The van der Waals surface area contributed by atoms with E-state index in [1.165, 1.54) is 5.56 Å². The Labute approximate surface area is 103 Å². The third-order valence-electron chi connectivity index (χ3n) is 2.96. The van der Waals surface area contributed by atoms with E-state index >= 15 is 0 Å². The van der Waals surface area contributed by atoms with Crippen molar-refractivity contribution >= 4 is 28.1 Å². The highest BCUT2D eigenvalue weighted by Gasteiger charge is 2.26. The summed E-state index contributed by atoms with van der Waals surface area (Å²) in [6.45, 7) is 0.716. The van der Waals surface area contributed by atoms with Gasteiger partial charge in [0, 0.05) is 12.2 Å². The van der Waals surface area contributed by atoms with Crippen LogP contribution in [-0.2, 0) is 6.42 Å². The molecule has 5 heteroatoms. The van der Waals surface area contributed by atoms with Crippen molar-refractivity contribution in [3.05, 3.63) is 41.6 Å². The number of carbonyl (C=O) groups is 1. The van der Waals surface area contributed by atoms with Crippen LogP contribution in [-0.4, -0.2) is 16.8 Å². The standard InChI is InChI=1S/C12H11N3OS/c13-11-9(7-14-17-11)12(16)15-6-5-8-3-1-2-4-10(8)15/h1-4,7H,5-6,13H2. The third kappa shape index (κ3) is 1.59. The summed E-state index contributed by atoms with van der Waals surface area (Å²) in [5.41, 5.74) is 8.44. The van der Waals surface area contributed by atoms with E-state index in [1.54, 1.807) is 11.1 Å². The molecular weight excluding hydrogens is 234 g/mol. The number of hydrogen-bond donors (Lipinski definition) is 1. The average molecular weight is 245 g/mol. The van der Waals surface area contributed by atoms with Gasteiger partial charge in [0.15, 0.2) is 0 Å². The number of benzene rings is 1. The maximum absolute atomic E-state index is 12.3. The molecular formula is C12H11N3OS. The molecule has 86 valence electrons. The molecule has 0 bridgehead atoms. The number of nitrogens with two attached hydrogens (primary N) is 1. The smallest absolute Gasteiger partial charge is 0.262 e. The summed E-state index contributed by atoms with van der Waals surface area (Å²) in [5.74, 6) is -0.0544. The van der Waals surface area contributed by atoms with Gasteiger partial charge in [-0.15, -0.1) is 0 Å². The SMILES string of the molecule is Nc1sncc1C(=O)N1CCc2ccccc21. The van der Waals surface area contributed by atoms with E-state index in [0.717, 1.165) is 23.6 Å². The number of amides is 1. The zero-order chi connectivity index (χ0) is 11.8. The number of nitrogen functional groups attached to an aromatic ring is 1. The van der Waals surface area contributed by atoms with E-state index in [4.69, 9.17) is 5.73 Å². The summed E-state index contributed by atoms with van der Waals surface area (Å²) in [7, 11) is 0. The monoisotopic (exact) mass is 245 g/mol. The van der Waals surface area contributed by atoms with Gasteiger partial charge in [-0.3, -0.25) is 4.79 Å². The molecule has 1 amide bonds. The molecule has 0 aliphatic carbocycles. The molecule has 1 aliphatic heterocycles. The second-order valence-corrected chi connectivity index (χ2v) is 4.77. The lowest BCUT2D eigenvalue weighted by Crippen LogP contribution is -2.29. The van der Waals surface area contributed by atoms with E-state index in [1.807, 2.05) is 18.2 Å². The van der Waals surface area contributed by atoms with Gasteiger partial charge in [-0.1, -0.05) is 18.2 Å². The second kappa shape index (κ2) is 3.85. The minimum absolute atomic E-state index is 0.0544. The van der Waals surface area contributed by atoms with E-state index in [0.29, 0.717) is 17.1 Å². The van der Waals surface area contributed by atoms with Crippen LogP contribution >= 0.6 is 11.5 Å². The number of aromatic nitrogens is 1. The van der Waals surface area contributed by atoms with E-state index in [9.17, 15) is 4.79 Å². The number of rotatable bonds is 1. The summed E-state index contributed by atoms with van der Waals surface area (Å²) in [6, 6.07) is 7.96. The number of hydrogen-bond acceptors (Lipinski definition) is 4. The van der Waals surface area contributed by atoms with Crippen molar-refractivity contribution in [3.8, 4) is 0 Å². The molecule has 2 heterocycles. The molecule has 0 fully saturated rings. The number of nitrogens with zero attached hydrogens (tertiary/aromatic N) is 2. The van der Waals surface area contributed by atoms with Crippen molar-refractivity contribution in [2.24, 2.45) is 0 Å². The van der Waals surface area contributed by atoms with Gasteiger partial charge in [-0.2, -0.15) is 4.37 Å². The molecule has 1 aromatic carbocycles. The Balaban J connectivity index is 1.98. The Morgan fingerprint density at radius 3 is 3.00 bits per heavy atom. The molecule has 0 unspecified atom stereocenters. The molecule has 17 heavy (non-hydrogen) atoms. The summed E-state index contributed by atoms with van der Waals surface area (Å²) < 4.78 is 3.94. The highest BCUT2D eigenvalue weighted by molar-refractivity contribution is 7.10. The van der Waals surface area contributed by atoms with Crippen LogP contribution in [0.1, 0.15) is 15.9 Å². The Morgan fingerprint density at radius 2 is 2.24 bits per heavy atom. The van der Waals surface area contributed by atoms with Crippen molar-refractivity contribution in [1.29, 1.82) is 0 Å². The largest absolute Gasteiger partial charge is 0.389 e. The minimum Gasteiger partial charge on any atom is -0.389 e. The molecule has 4 nitrogen and oxygen atoms in total. The molecule has 0 atom stereocenters. The molecule has 0 radical (unpaired) electrons. The quantitative estimate of drug-likeness (QED) is 0.835. The van der Waals surface area contributed by atoms with Gasteiger partial charge in [-0.25, -0.2) is 0 Å². The predicted octanol–water partition coefficient (Wildman–Crippen LogP) is 1.93. The molecule has 1 aliphatic rings. The summed E-state index contributed by atoms with van der Waals surface area (Å²) >= 11 is 1.15. The highest BCUT2D eigenvalue weighted by atomic mass is 32.1. The summed E-state index contributed by atoms with van der Waals surface area (Å²) in [4.78, 5) is 14.1. The highest BCUT2D eigenvalue weighted by Crippen LogP contribution is 2.30. The van der Waals surface area contributed by atoms with Gasteiger partial charge in [-0.05, 0) is 29.6 Å². The fourth-order valence-corrected chi connectivity index (χ4v) is 2.61. The van der Waals surface area contributed by atoms with Gasteiger partial charge in [0.2, 0.25) is 0 Å². The molecule has 0 saturated heterocycles. The molecule has 1 aromatic heterocycles. The number of fused-ring (bicyclic) bond motifs is 1. The van der Waals surface area contributed by atoms with Crippen molar-refractivity contribution < 1.29 is 4.79 Å². The topological polar surface area (TPSA) is 59.2 Å². The zero-order valence-corrected chi connectivity index (χ0v) is 9.91. The Hall–Kier alpha value is -1.88. The third-order valence-corrected chi connectivity index (χ3v) is 3.59. The molecule has 2 aromatic rings. The van der Waals surface area contributed by atoms with Crippen LogP contribution in [0.15, 0.2) is 30.5 Å². The van der Waals surface area contributed by atoms with E-state index < -0.39 is 0 Å². The Morgan fingerprint density at radius 1 is 1.41 bits per heavy atom. The van der Waals surface area contributed by atoms with Gasteiger partial charge in [0.05, 0.1) is 11.8 Å². The molecule has 0 spiro atoms. The van der Waals surface area contributed by atoms with Crippen LogP contribution in [0.5, 0.6) is 0 Å². The number of para-hydroxylation sites is 1. The van der Waals surface area contributed by atoms with Crippen LogP contribution in [0.25, 0.3) is 0 Å². The maximum Gasteiger partial charge on any atom is 0.262 e. The number of anilines is 2. The minimum atomic E-state index is -0.0544. The first-order valence-corrected chi connectivity index (χ1v) is 6.14. The first kappa shape index (κ1) is 10.3. The normalized spacial score (nSPS) is 13.8. The summed E-state index contributed by atoms with van der Waals surface area (Å²) in [6.07, 6.45) is 2.45. The Bertz CT molecular complexity index is 579. The summed E-state index contributed by atoms with van der Waals surface area (Å²) in [5, 5.41) is 0.486. The van der Waals surface area contributed by atoms with Gasteiger partial charge >= 0.3 is 0 Å². The lowest BCUT2D eigenvalue weighted by molar-refractivity contribution is 0.0990. The Kier molecular flexibility index (Phi) is 2.33. The van der Waals surface area contributed by atoms with Gasteiger partial charge in [0.1, 0.15) is 5.00 Å². The predicted molar refractivity (Wildman–Crippen MR) is 68.3 cm³/mol. The van der Waals surface area contributed by atoms with E-state index in [2.05, 4.69) is 10.4 Å². The lowest BCUT2D eigenvalue weighted by Gasteiger charge is -2.16. The van der Waals surface area contributed by atoms with Crippen LogP contribution in [0.3, 0.4) is 0 Å². The molecule has 2 N–H and O–H groups in total. The first-order valence-electron chi connectivity index (χ1n) is 5.37. The average Bonchev–Trinajstić information content (AvgIpc) is 2.94. The van der Waals surface area contributed by atoms with Crippen molar-refractivity contribution in [2.45, 2.75) is 6.42 Å². The molecule has 0 saturated carbocycles. The fraction of sp³-hybridized carbons (Fsp3) is 0.167. The second-order valence-electron chi connectivity index (χ2n) is 3.94. The zero-order valence-electron chi connectivity index (χ0n) is 9.09. The fourth-order valence-electron chi connectivity index (χ4n) is 2.10. The maximum atomic E-state index is 12.3. The molecule has 3 rings (SSSR count). The van der Waals surface area contributed by atoms with Crippen LogP contribution in [0.4, 0.5) is 10.7 Å². The van der Waals surface area contributed by atoms with Gasteiger partial charge < -0.3 is 10.6 Å². The van der Waals surface area contributed by atoms with Gasteiger partial charge in [0.25, 0.3) is 5.91 Å². The lowest BCUT2D eigenvalue weighted by atomic mass is 10.2. The van der Waals surface area contributed by atoms with E-state index in [-0.39, 0.29) is 5.91 Å². The van der Waals surface area contributed by atoms with Crippen LogP contribution in [0.2, 0.25) is 0 Å². The van der Waals surface area contributed by atoms with Crippen molar-refractivity contribution in [2.75, 3.05) is 17.2 Å². The first-order chi connectivity index (χ1) is 8.27. The van der Waals surface area contributed by atoms with Crippen LogP contribution < -0.4 is 10.6 Å².